The Morgan fingerprint density at radius 2 is 2.14 bits per heavy atom. The number of carbonyl (C=O) groups is 1. The summed E-state index contributed by atoms with van der Waals surface area (Å²) in [6, 6.07) is 9.62. The topological polar surface area (TPSA) is 40.9 Å². The Balaban J connectivity index is 2.97. The number of Topliss-reactive ketones (excluding diaryl/α,β-unsaturated/α-hetero) is 1. The molecule has 0 aromatic heterocycles. The van der Waals surface area contributed by atoms with Gasteiger partial charge in [0.1, 0.15) is 0 Å². The highest BCUT2D eigenvalue weighted by Gasteiger charge is 2.08. The molecule has 1 aromatic rings. The van der Waals surface area contributed by atoms with Gasteiger partial charge < -0.3 is 0 Å². The number of hydrogen-bond acceptors (Lipinski definition) is 2. The molecule has 1 unspecified atom stereocenters. The fourth-order valence-electron chi connectivity index (χ4n) is 1.42. The number of nitriles is 1. The molecule has 1 atom stereocenters. The van der Waals surface area contributed by atoms with Crippen LogP contribution in [-0.4, -0.2) is 5.78 Å². The number of hydrogen-bond donors (Lipinski definition) is 0. The molecule has 0 aliphatic rings. The van der Waals surface area contributed by atoms with E-state index in [2.05, 4.69) is 6.07 Å². The summed E-state index contributed by atoms with van der Waals surface area (Å²) in [5.74, 6) is 0.0150. The van der Waals surface area contributed by atoms with Gasteiger partial charge in [0.15, 0.2) is 5.78 Å². The molecule has 2 nitrogen and oxygen atoms in total. The van der Waals surface area contributed by atoms with Gasteiger partial charge in [-0.3, -0.25) is 4.79 Å². The van der Waals surface area contributed by atoms with Crippen LogP contribution in [0.1, 0.15) is 29.8 Å². The third-order valence-electron chi connectivity index (χ3n) is 2.14. The first-order valence-corrected chi connectivity index (χ1v) is 4.63. The molecule has 0 spiro atoms. The molecule has 0 saturated heterocycles. The van der Waals surface area contributed by atoms with E-state index < -0.39 is 0 Å². The van der Waals surface area contributed by atoms with Crippen molar-refractivity contribution in [3.05, 3.63) is 35.4 Å². The van der Waals surface area contributed by atoms with E-state index in [1.165, 1.54) is 0 Å². The second-order valence-electron chi connectivity index (χ2n) is 3.45. The molecule has 0 aliphatic heterocycles. The lowest BCUT2D eigenvalue weighted by molar-refractivity contribution is 0.101. The van der Waals surface area contributed by atoms with Crippen LogP contribution in [0.5, 0.6) is 0 Å². The van der Waals surface area contributed by atoms with Crippen molar-refractivity contribution in [2.45, 2.75) is 20.3 Å². The molecule has 0 amide bonds. The summed E-state index contributed by atoms with van der Waals surface area (Å²) in [6.45, 7) is 3.41. The van der Waals surface area contributed by atoms with Crippen LogP contribution in [0, 0.1) is 17.2 Å². The molecule has 14 heavy (non-hydrogen) atoms. The summed E-state index contributed by atoms with van der Waals surface area (Å²) in [7, 11) is 0. The van der Waals surface area contributed by atoms with Gasteiger partial charge in [-0.15, -0.1) is 0 Å². The summed E-state index contributed by atoms with van der Waals surface area (Å²) < 4.78 is 0. The van der Waals surface area contributed by atoms with Gasteiger partial charge >= 0.3 is 0 Å². The molecule has 1 aromatic carbocycles. The summed E-state index contributed by atoms with van der Waals surface area (Å²) >= 11 is 0. The standard InChI is InChI=1S/C12H13NO/c1-9(8-13)7-11-5-3-4-6-12(11)10(2)14/h3-6,9H,7H2,1-2H3. The zero-order valence-corrected chi connectivity index (χ0v) is 8.45. The minimum Gasteiger partial charge on any atom is -0.295 e. The highest BCUT2D eigenvalue weighted by molar-refractivity contribution is 5.95. The molecular formula is C12H13NO. The van der Waals surface area contributed by atoms with Crippen LogP contribution < -0.4 is 0 Å². The SMILES string of the molecule is CC(=O)c1ccccc1CC(C)C#N. The average molecular weight is 187 g/mol. The van der Waals surface area contributed by atoms with Crippen LogP contribution in [0.25, 0.3) is 0 Å². The molecule has 0 N–H and O–H groups in total. The molecule has 0 fully saturated rings. The Morgan fingerprint density at radius 1 is 1.50 bits per heavy atom. The van der Waals surface area contributed by atoms with Gasteiger partial charge in [-0.2, -0.15) is 5.26 Å². The van der Waals surface area contributed by atoms with E-state index in [0.717, 1.165) is 11.1 Å². The fourth-order valence-corrected chi connectivity index (χ4v) is 1.42. The van der Waals surface area contributed by atoms with E-state index in [4.69, 9.17) is 5.26 Å². The smallest absolute Gasteiger partial charge is 0.160 e. The van der Waals surface area contributed by atoms with E-state index in [1.807, 2.05) is 31.2 Å². The molecule has 1 rings (SSSR count). The molecule has 0 heterocycles. The van der Waals surface area contributed by atoms with Crippen molar-refractivity contribution in [2.24, 2.45) is 5.92 Å². The van der Waals surface area contributed by atoms with Crippen LogP contribution >= 0.6 is 0 Å². The lowest BCUT2D eigenvalue weighted by Crippen LogP contribution is -2.03. The van der Waals surface area contributed by atoms with Crippen molar-refractivity contribution in [2.75, 3.05) is 0 Å². The summed E-state index contributed by atoms with van der Waals surface area (Å²) in [5.41, 5.74) is 1.70. The summed E-state index contributed by atoms with van der Waals surface area (Å²) in [4.78, 5) is 11.3. The second-order valence-corrected chi connectivity index (χ2v) is 3.45. The molecule has 0 radical (unpaired) electrons. The first kappa shape index (κ1) is 10.5. The Morgan fingerprint density at radius 3 is 2.71 bits per heavy atom. The van der Waals surface area contributed by atoms with Crippen LogP contribution in [-0.2, 0) is 6.42 Å². The quantitative estimate of drug-likeness (QED) is 0.682. The largest absolute Gasteiger partial charge is 0.295 e. The third-order valence-corrected chi connectivity index (χ3v) is 2.14. The Kier molecular flexibility index (Phi) is 3.41. The van der Waals surface area contributed by atoms with Gasteiger partial charge in [0.05, 0.1) is 6.07 Å². The van der Waals surface area contributed by atoms with Crippen LogP contribution in [0.4, 0.5) is 0 Å². The molecular weight excluding hydrogens is 174 g/mol. The molecule has 2 heteroatoms. The van der Waals surface area contributed by atoms with Crippen molar-refractivity contribution < 1.29 is 4.79 Å². The minimum atomic E-state index is -0.0458. The maximum absolute atomic E-state index is 11.3. The maximum Gasteiger partial charge on any atom is 0.160 e. The first-order valence-electron chi connectivity index (χ1n) is 4.63. The van der Waals surface area contributed by atoms with Crippen molar-refractivity contribution in [1.82, 2.24) is 0 Å². The van der Waals surface area contributed by atoms with E-state index in [9.17, 15) is 4.79 Å². The zero-order chi connectivity index (χ0) is 10.6. The predicted molar refractivity (Wildman–Crippen MR) is 54.9 cm³/mol. The third kappa shape index (κ3) is 2.43. The van der Waals surface area contributed by atoms with Crippen molar-refractivity contribution in [3.8, 4) is 6.07 Å². The Labute approximate surface area is 84.2 Å². The Bertz CT molecular complexity index is 376. The van der Waals surface area contributed by atoms with Gasteiger partial charge in [-0.05, 0) is 25.8 Å². The predicted octanol–water partition coefficient (Wildman–Crippen LogP) is 2.59. The van der Waals surface area contributed by atoms with Gasteiger partial charge in [0.2, 0.25) is 0 Å². The van der Waals surface area contributed by atoms with Crippen molar-refractivity contribution in [1.29, 1.82) is 5.26 Å². The van der Waals surface area contributed by atoms with Crippen molar-refractivity contribution in [3.63, 3.8) is 0 Å². The van der Waals surface area contributed by atoms with Gasteiger partial charge in [-0.25, -0.2) is 0 Å². The minimum absolute atomic E-state index is 0.0458. The van der Waals surface area contributed by atoms with Crippen LogP contribution in [0.15, 0.2) is 24.3 Å². The van der Waals surface area contributed by atoms with E-state index in [1.54, 1.807) is 6.92 Å². The average Bonchev–Trinajstić information content (AvgIpc) is 2.18. The van der Waals surface area contributed by atoms with Crippen LogP contribution in [0.3, 0.4) is 0 Å². The van der Waals surface area contributed by atoms with Gasteiger partial charge in [0, 0.05) is 11.5 Å². The normalized spacial score (nSPS) is 11.8. The van der Waals surface area contributed by atoms with E-state index in [0.29, 0.717) is 6.42 Å². The van der Waals surface area contributed by atoms with Gasteiger partial charge in [0.25, 0.3) is 0 Å². The summed E-state index contributed by atoms with van der Waals surface area (Å²) in [5, 5.41) is 8.69. The lowest BCUT2D eigenvalue weighted by atomic mass is 9.96. The second kappa shape index (κ2) is 4.57. The fraction of sp³-hybridized carbons (Fsp3) is 0.333. The molecule has 72 valence electrons. The molecule has 0 aliphatic carbocycles. The first-order chi connectivity index (χ1) is 6.65. The highest BCUT2D eigenvalue weighted by atomic mass is 16.1. The summed E-state index contributed by atoms with van der Waals surface area (Å²) in [6.07, 6.45) is 0.645. The van der Waals surface area contributed by atoms with Crippen molar-refractivity contribution >= 4 is 5.78 Å². The molecule has 0 bridgehead atoms. The Hall–Kier alpha value is -1.62. The maximum atomic E-state index is 11.3. The lowest BCUT2D eigenvalue weighted by Gasteiger charge is -2.07. The van der Waals surface area contributed by atoms with Gasteiger partial charge in [-0.1, -0.05) is 24.3 Å². The number of ketones is 1. The van der Waals surface area contributed by atoms with E-state index in [-0.39, 0.29) is 11.7 Å². The zero-order valence-electron chi connectivity index (χ0n) is 8.45. The number of rotatable bonds is 3. The highest BCUT2D eigenvalue weighted by Crippen LogP contribution is 2.14. The monoisotopic (exact) mass is 187 g/mol. The van der Waals surface area contributed by atoms with E-state index >= 15 is 0 Å². The number of carbonyl (C=O) groups excluding carboxylic acids is 1. The van der Waals surface area contributed by atoms with Crippen LogP contribution in [0.2, 0.25) is 0 Å². The number of benzene rings is 1. The molecule has 0 saturated carbocycles. The number of nitrogens with zero attached hydrogens (tertiary/aromatic N) is 1.